The van der Waals surface area contributed by atoms with E-state index in [0.717, 1.165) is 0 Å². The molecular weight excluding hydrogens is 248 g/mol. The summed E-state index contributed by atoms with van der Waals surface area (Å²) in [5, 5.41) is 2.83. The first-order chi connectivity index (χ1) is 9.27. The average Bonchev–Trinajstić information content (AvgIpc) is 2.67. The molecule has 1 aromatic heterocycles. The zero-order chi connectivity index (χ0) is 13.1. The number of carbonyl (C=O) groups excluding carboxylic acids is 1. The average molecular weight is 264 g/mol. The molecule has 3 heterocycles. The summed E-state index contributed by atoms with van der Waals surface area (Å²) in [6.07, 6.45) is 3.43. The summed E-state index contributed by atoms with van der Waals surface area (Å²) in [5.74, 6) is 0.574. The van der Waals surface area contributed by atoms with Gasteiger partial charge < -0.3 is 19.7 Å². The minimum absolute atomic E-state index is 0.0762. The lowest BCUT2D eigenvalue weighted by Gasteiger charge is -2.38. The molecule has 2 aliphatic rings. The van der Waals surface area contributed by atoms with Crippen LogP contribution in [-0.4, -0.2) is 60.9 Å². The predicted octanol–water partition coefficient (Wildman–Crippen LogP) is -0.802. The lowest BCUT2D eigenvalue weighted by Crippen LogP contribution is -2.59. The van der Waals surface area contributed by atoms with Gasteiger partial charge in [-0.1, -0.05) is 0 Å². The van der Waals surface area contributed by atoms with Crippen molar-refractivity contribution >= 4 is 11.9 Å². The third-order valence-electron chi connectivity index (χ3n) is 3.30. The highest BCUT2D eigenvalue weighted by Gasteiger charge is 2.40. The second-order valence-electron chi connectivity index (χ2n) is 4.77. The van der Waals surface area contributed by atoms with E-state index in [1.54, 1.807) is 18.5 Å². The first-order valence-electron chi connectivity index (χ1n) is 6.28. The highest BCUT2D eigenvalue weighted by atomic mass is 16.5. The third kappa shape index (κ3) is 2.66. The molecule has 1 amide bonds. The summed E-state index contributed by atoms with van der Waals surface area (Å²) in [4.78, 5) is 21.8. The van der Waals surface area contributed by atoms with E-state index in [1.165, 1.54) is 0 Å². The molecule has 0 unspecified atom stereocenters. The Morgan fingerprint density at radius 3 is 2.95 bits per heavy atom. The molecule has 2 fully saturated rings. The molecule has 102 valence electrons. The maximum Gasteiger partial charge on any atom is 0.246 e. The first-order valence-corrected chi connectivity index (χ1v) is 6.28. The topological polar surface area (TPSA) is 76.6 Å². The van der Waals surface area contributed by atoms with Crippen molar-refractivity contribution in [3.05, 3.63) is 18.5 Å². The summed E-state index contributed by atoms with van der Waals surface area (Å²) in [6, 6.07) is 1.78. The number of hydrogen-bond donors (Lipinski definition) is 1. The molecule has 19 heavy (non-hydrogen) atoms. The molecule has 1 atom stereocenters. The number of rotatable bonds is 1. The van der Waals surface area contributed by atoms with Gasteiger partial charge in [-0.3, -0.25) is 4.79 Å². The number of nitrogens with one attached hydrogen (secondary N) is 1. The van der Waals surface area contributed by atoms with Gasteiger partial charge >= 0.3 is 0 Å². The number of ether oxygens (including phenoxy) is 2. The minimum atomic E-state index is -0.510. The minimum Gasteiger partial charge on any atom is -0.376 e. The Kier molecular flexibility index (Phi) is 3.31. The number of morpholine rings is 1. The summed E-state index contributed by atoms with van der Waals surface area (Å²) >= 11 is 0. The van der Waals surface area contributed by atoms with Crippen molar-refractivity contribution in [2.24, 2.45) is 0 Å². The van der Waals surface area contributed by atoms with Gasteiger partial charge in [0.05, 0.1) is 26.3 Å². The molecule has 7 nitrogen and oxygen atoms in total. The molecule has 1 spiro atoms. The van der Waals surface area contributed by atoms with E-state index in [1.807, 2.05) is 4.90 Å². The predicted molar refractivity (Wildman–Crippen MR) is 66.8 cm³/mol. The van der Waals surface area contributed by atoms with Crippen molar-refractivity contribution in [2.45, 2.75) is 5.60 Å². The zero-order valence-corrected chi connectivity index (χ0v) is 10.5. The van der Waals surface area contributed by atoms with Crippen LogP contribution < -0.4 is 10.2 Å². The van der Waals surface area contributed by atoms with Crippen molar-refractivity contribution in [1.82, 2.24) is 15.3 Å². The summed E-state index contributed by atoms with van der Waals surface area (Å²) in [5.41, 5.74) is -0.510. The monoisotopic (exact) mass is 264 g/mol. The summed E-state index contributed by atoms with van der Waals surface area (Å²) < 4.78 is 11.3. The molecule has 0 bridgehead atoms. The standard InChI is InChI=1S/C12H16N4O3/c17-10-6-19-12(7-15-10)8-16(4-5-18-9-12)11-13-2-1-3-14-11/h1-3H,4-9H2,(H,15,17)/t12-/m0/s1. The number of anilines is 1. The quantitative estimate of drug-likeness (QED) is 0.715. The number of nitrogens with zero attached hydrogens (tertiary/aromatic N) is 3. The molecule has 2 saturated heterocycles. The molecule has 2 aliphatic heterocycles. The fourth-order valence-electron chi connectivity index (χ4n) is 2.31. The molecule has 0 aliphatic carbocycles. The smallest absolute Gasteiger partial charge is 0.246 e. The first kappa shape index (κ1) is 12.3. The van der Waals surface area contributed by atoms with Gasteiger partial charge in [0.1, 0.15) is 12.2 Å². The van der Waals surface area contributed by atoms with Gasteiger partial charge in [0.15, 0.2) is 0 Å². The van der Waals surface area contributed by atoms with E-state index in [4.69, 9.17) is 9.47 Å². The fourth-order valence-corrected chi connectivity index (χ4v) is 2.31. The van der Waals surface area contributed by atoms with E-state index in [0.29, 0.717) is 38.8 Å². The Hall–Kier alpha value is -1.73. The third-order valence-corrected chi connectivity index (χ3v) is 3.30. The van der Waals surface area contributed by atoms with Crippen molar-refractivity contribution in [2.75, 3.05) is 44.4 Å². The van der Waals surface area contributed by atoms with Crippen LogP contribution in [0.15, 0.2) is 18.5 Å². The van der Waals surface area contributed by atoms with E-state index in [2.05, 4.69) is 15.3 Å². The molecule has 1 N–H and O–H groups in total. The largest absolute Gasteiger partial charge is 0.376 e. The van der Waals surface area contributed by atoms with Crippen LogP contribution in [0.2, 0.25) is 0 Å². The number of hydrogen-bond acceptors (Lipinski definition) is 6. The number of amides is 1. The van der Waals surface area contributed by atoms with Gasteiger partial charge in [-0.15, -0.1) is 0 Å². The van der Waals surface area contributed by atoms with Gasteiger partial charge in [0.2, 0.25) is 11.9 Å². The van der Waals surface area contributed by atoms with Crippen LogP contribution in [0.25, 0.3) is 0 Å². The zero-order valence-electron chi connectivity index (χ0n) is 10.5. The fraction of sp³-hybridized carbons (Fsp3) is 0.583. The molecular formula is C12H16N4O3. The maximum absolute atomic E-state index is 11.2. The van der Waals surface area contributed by atoms with E-state index in [-0.39, 0.29) is 12.5 Å². The van der Waals surface area contributed by atoms with Crippen molar-refractivity contribution < 1.29 is 14.3 Å². The number of carbonyl (C=O) groups is 1. The van der Waals surface area contributed by atoms with Gasteiger partial charge in [-0.25, -0.2) is 9.97 Å². The van der Waals surface area contributed by atoms with E-state index >= 15 is 0 Å². The Balaban J connectivity index is 1.78. The van der Waals surface area contributed by atoms with Crippen LogP contribution >= 0.6 is 0 Å². The lowest BCUT2D eigenvalue weighted by atomic mass is 10.0. The SMILES string of the molecule is O=C1CO[C@]2(CN1)COCCN(c1ncccn1)C2. The lowest BCUT2D eigenvalue weighted by molar-refractivity contribution is -0.148. The van der Waals surface area contributed by atoms with Crippen LogP contribution in [0.5, 0.6) is 0 Å². The van der Waals surface area contributed by atoms with Crippen LogP contribution in [-0.2, 0) is 14.3 Å². The highest BCUT2D eigenvalue weighted by molar-refractivity contribution is 5.78. The molecule has 3 rings (SSSR count). The molecule has 7 heteroatoms. The second-order valence-corrected chi connectivity index (χ2v) is 4.77. The normalized spacial score (nSPS) is 28.0. The Bertz CT molecular complexity index is 444. The maximum atomic E-state index is 11.2. The van der Waals surface area contributed by atoms with Gasteiger partial charge in [-0.05, 0) is 6.07 Å². The summed E-state index contributed by atoms with van der Waals surface area (Å²) in [6.45, 7) is 2.91. The van der Waals surface area contributed by atoms with Gasteiger partial charge in [-0.2, -0.15) is 0 Å². The molecule has 0 aromatic carbocycles. The van der Waals surface area contributed by atoms with Crippen LogP contribution in [0.3, 0.4) is 0 Å². The Labute approximate surface area is 110 Å². The van der Waals surface area contributed by atoms with Crippen LogP contribution in [0.4, 0.5) is 5.95 Å². The highest BCUT2D eigenvalue weighted by Crippen LogP contribution is 2.21. The van der Waals surface area contributed by atoms with Gasteiger partial charge in [0.25, 0.3) is 0 Å². The van der Waals surface area contributed by atoms with Crippen molar-refractivity contribution in [1.29, 1.82) is 0 Å². The number of aromatic nitrogens is 2. The van der Waals surface area contributed by atoms with E-state index in [9.17, 15) is 4.79 Å². The van der Waals surface area contributed by atoms with Gasteiger partial charge in [0, 0.05) is 18.9 Å². The van der Waals surface area contributed by atoms with Crippen LogP contribution in [0.1, 0.15) is 0 Å². The second kappa shape index (κ2) is 5.10. The van der Waals surface area contributed by atoms with E-state index < -0.39 is 5.60 Å². The van der Waals surface area contributed by atoms with Crippen molar-refractivity contribution in [3.8, 4) is 0 Å². The Morgan fingerprint density at radius 1 is 1.37 bits per heavy atom. The Morgan fingerprint density at radius 2 is 2.21 bits per heavy atom. The molecule has 0 saturated carbocycles. The molecule has 0 radical (unpaired) electrons. The van der Waals surface area contributed by atoms with Crippen LogP contribution in [0, 0.1) is 0 Å². The summed E-state index contributed by atoms with van der Waals surface area (Å²) in [7, 11) is 0. The van der Waals surface area contributed by atoms with Crippen molar-refractivity contribution in [3.63, 3.8) is 0 Å². The molecule has 1 aromatic rings.